The second kappa shape index (κ2) is 3.89. The van der Waals surface area contributed by atoms with Crippen LogP contribution in [-0.2, 0) is 4.79 Å². The van der Waals surface area contributed by atoms with E-state index in [0.717, 1.165) is 19.5 Å². The average Bonchev–Trinajstić information content (AvgIpc) is 2.49. The van der Waals surface area contributed by atoms with Gasteiger partial charge in [-0.2, -0.15) is 0 Å². The smallest absolute Gasteiger partial charge is 0.239 e. The maximum absolute atomic E-state index is 11.6. The van der Waals surface area contributed by atoms with Gasteiger partial charge in [-0.25, -0.2) is 0 Å². The molecular weight excluding hydrogens is 176 g/mol. The van der Waals surface area contributed by atoms with Crippen LogP contribution in [0.25, 0.3) is 0 Å². The van der Waals surface area contributed by atoms with Crippen LogP contribution in [0.15, 0.2) is 0 Å². The van der Waals surface area contributed by atoms with Gasteiger partial charge in [-0.05, 0) is 24.7 Å². The highest BCUT2D eigenvalue weighted by Crippen LogP contribution is 2.33. The topological polar surface area (TPSA) is 46.3 Å². The third kappa shape index (κ3) is 2.47. The van der Waals surface area contributed by atoms with E-state index in [1.807, 2.05) is 4.90 Å². The number of hydrogen-bond donors (Lipinski definition) is 1. The van der Waals surface area contributed by atoms with Crippen molar-refractivity contribution in [2.45, 2.75) is 40.2 Å². The lowest BCUT2D eigenvalue weighted by Gasteiger charge is -2.27. The summed E-state index contributed by atoms with van der Waals surface area (Å²) in [6, 6.07) is -0.353. The average molecular weight is 198 g/mol. The third-order valence-corrected chi connectivity index (χ3v) is 3.11. The van der Waals surface area contributed by atoms with Crippen LogP contribution < -0.4 is 5.73 Å². The minimum Gasteiger partial charge on any atom is -0.341 e. The van der Waals surface area contributed by atoms with Crippen molar-refractivity contribution < 1.29 is 4.79 Å². The Labute approximate surface area is 86.6 Å². The number of likely N-dealkylation sites (tertiary alicyclic amines) is 1. The fourth-order valence-corrected chi connectivity index (χ4v) is 1.96. The van der Waals surface area contributed by atoms with Gasteiger partial charge in [0, 0.05) is 13.1 Å². The van der Waals surface area contributed by atoms with Gasteiger partial charge < -0.3 is 10.6 Å². The van der Waals surface area contributed by atoms with Gasteiger partial charge in [0.15, 0.2) is 0 Å². The molecule has 14 heavy (non-hydrogen) atoms. The first-order valence-corrected chi connectivity index (χ1v) is 5.36. The van der Waals surface area contributed by atoms with Crippen molar-refractivity contribution in [2.24, 2.45) is 17.1 Å². The largest absolute Gasteiger partial charge is 0.341 e. The van der Waals surface area contributed by atoms with Crippen molar-refractivity contribution in [1.82, 2.24) is 4.90 Å². The number of nitrogens with two attached hydrogens (primary N) is 1. The Morgan fingerprint density at radius 2 is 2.07 bits per heavy atom. The number of nitrogens with zero attached hydrogens (tertiary/aromatic N) is 1. The molecular formula is C11H22N2O. The lowest BCUT2D eigenvalue weighted by Crippen LogP contribution is -2.41. The lowest BCUT2D eigenvalue weighted by molar-refractivity contribution is -0.131. The molecule has 0 aliphatic carbocycles. The Morgan fingerprint density at radius 3 is 2.43 bits per heavy atom. The maximum atomic E-state index is 11.6. The summed E-state index contributed by atoms with van der Waals surface area (Å²) in [5.74, 6) is 0.710. The summed E-state index contributed by atoms with van der Waals surface area (Å²) in [6.07, 6.45) is 1.11. The fraction of sp³-hybridized carbons (Fsp3) is 0.909. The molecule has 0 spiro atoms. The van der Waals surface area contributed by atoms with E-state index in [1.54, 1.807) is 6.92 Å². The fourth-order valence-electron chi connectivity index (χ4n) is 1.96. The van der Waals surface area contributed by atoms with E-state index in [0.29, 0.717) is 11.3 Å². The van der Waals surface area contributed by atoms with Gasteiger partial charge in [-0.15, -0.1) is 0 Å². The number of carbonyl (C=O) groups is 1. The van der Waals surface area contributed by atoms with E-state index in [1.165, 1.54) is 0 Å². The van der Waals surface area contributed by atoms with Gasteiger partial charge in [0.2, 0.25) is 5.91 Å². The van der Waals surface area contributed by atoms with Crippen molar-refractivity contribution in [3.05, 3.63) is 0 Å². The van der Waals surface area contributed by atoms with Crippen LogP contribution in [0, 0.1) is 11.3 Å². The second-order valence-electron chi connectivity index (χ2n) is 5.42. The number of hydrogen-bond acceptors (Lipinski definition) is 2. The van der Waals surface area contributed by atoms with Crippen LogP contribution in [0.5, 0.6) is 0 Å². The van der Waals surface area contributed by atoms with Crippen LogP contribution in [0.1, 0.15) is 34.1 Å². The molecule has 0 aromatic heterocycles. The molecule has 2 atom stereocenters. The first kappa shape index (κ1) is 11.5. The van der Waals surface area contributed by atoms with Gasteiger partial charge >= 0.3 is 0 Å². The van der Waals surface area contributed by atoms with E-state index in [-0.39, 0.29) is 11.9 Å². The van der Waals surface area contributed by atoms with Gasteiger partial charge in [0.05, 0.1) is 6.04 Å². The van der Waals surface area contributed by atoms with Crippen molar-refractivity contribution >= 4 is 5.91 Å². The molecule has 1 amide bonds. The summed E-state index contributed by atoms with van der Waals surface area (Å²) >= 11 is 0. The molecule has 0 aromatic carbocycles. The molecule has 1 rings (SSSR count). The first-order chi connectivity index (χ1) is 6.32. The zero-order valence-corrected chi connectivity index (χ0v) is 9.71. The Morgan fingerprint density at radius 1 is 1.50 bits per heavy atom. The first-order valence-electron chi connectivity index (χ1n) is 5.36. The molecule has 2 N–H and O–H groups in total. The molecule has 0 bridgehead atoms. The monoisotopic (exact) mass is 198 g/mol. The van der Waals surface area contributed by atoms with E-state index >= 15 is 0 Å². The van der Waals surface area contributed by atoms with Gasteiger partial charge in [-0.3, -0.25) is 4.79 Å². The molecule has 3 heteroatoms. The maximum Gasteiger partial charge on any atom is 0.239 e. The van der Waals surface area contributed by atoms with E-state index < -0.39 is 0 Å². The van der Waals surface area contributed by atoms with Crippen LogP contribution >= 0.6 is 0 Å². The minimum atomic E-state index is -0.353. The van der Waals surface area contributed by atoms with E-state index in [9.17, 15) is 4.79 Å². The zero-order valence-electron chi connectivity index (χ0n) is 9.71. The normalized spacial score (nSPS) is 25.2. The molecule has 1 fully saturated rings. The second-order valence-corrected chi connectivity index (χ2v) is 5.42. The Kier molecular flexibility index (Phi) is 3.20. The third-order valence-electron chi connectivity index (χ3n) is 3.11. The predicted octanol–water partition coefficient (Wildman–Crippen LogP) is 1.23. The summed E-state index contributed by atoms with van der Waals surface area (Å²) in [4.78, 5) is 13.5. The molecule has 82 valence electrons. The molecule has 3 nitrogen and oxygen atoms in total. The Hall–Kier alpha value is -0.570. The predicted molar refractivity (Wildman–Crippen MR) is 57.8 cm³/mol. The molecule has 0 saturated carbocycles. The molecule has 1 saturated heterocycles. The molecule has 0 aromatic rings. The summed E-state index contributed by atoms with van der Waals surface area (Å²) < 4.78 is 0. The van der Waals surface area contributed by atoms with Crippen LogP contribution in [-0.4, -0.2) is 29.9 Å². The SMILES string of the molecule is C[C@H](N)C(=O)N1CCC(C(C)(C)C)C1. The minimum absolute atomic E-state index is 0.0942. The molecule has 1 unspecified atom stereocenters. The summed E-state index contributed by atoms with van der Waals surface area (Å²) in [5, 5.41) is 0. The van der Waals surface area contributed by atoms with E-state index in [4.69, 9.17) is 5.73 Å². The van der Waals surface area contributed by atoms with Gasteiger partial charge in [-0.1, -0.05) is 20.8 Å². The van der Waals surface area contributed by atoms with Crippen molar-refractivity contribution in [2.75, 3.05) is 13.1 Å². The van der Waals surface area contributed by atoms with Crippen molar-refractivity contribution in [3.8, 4) is 0 Å². The Bertz CT molecular complexity index is 218. The van der Waals surface area contributed by atoms with Gasteiger partial charge in [0.1, 0.15) is 0 Å². The summed E-state index contributed by atoms with van der Waals surface area (Å²) in [6.45, 7) is 10.2. The van der Waals surface area contributed by atoms with Crippen LogP contribution in [0.3, 0.4) is 0 Å². The standard InChI is InChI=1S/C11H22N2O/c1-8(12)10(14)13-6-5-9(7-13)11(2,3)4/h8-9H,5-7,12H2,1-4H3/t8-,9?/m0/s1. The van der Waals surface area contributed by atoms with Crippen molar-refractivity contribution in [1.29, 1.82) is 0 Å². The van der Waals surface area contributed by atoms with Crippen LogP contribution in [0.2, 0.25) is 0 Å². The van der Waals surface area contributed by atoms with Crippen molar-refractivity contribution in [3.63, 3.8) is 0 Å². The lowest BCUT2D eigenvalue weighted by atomic mass is 9.80. The van der Waals surface area contributed by atoms with Crippen LogP contribution in [0.4, 0.5) is 0 Å². The van der Waals surface area contributed by atoms with Gasteiger partial charge in [0.25, 0.3) is 0 Å². The molecule has 1 aliphatic rings. The number of rotatable bonds is 1. The molecule has 0 radical (unpaired) electrons. The highest BCUT2D eigenvalue weighted by atomic mass is 16.2. The number of carbonyl (C=O) groups excluding carboxylic acids is 1. The zero-order chi connectivity index (χ0) is 10.9. The number of amides is 1. The highest BCUT2D eigenvalue weighted by Gasteiger charge is 2.34. The summed E-state index contributed by atoms with van der Waals surface area (Å²) in [5.41, 5.74) is 5.88. The Balaban J connectivity index is 2.54. The molecule has 1 aliphatic heterocycles. The molecule has 1 heterocycles. The quantitative estimate of drug-likeness (QED) is 0.689. The van der Waals surface area contributed by atoms with E-state index in [2.05, 4.69) is 20.8 Å². The summed E-state index contributed by atoms with van der Waals surface area (Å²) in [7, 11) is 0. The highest BCUT2D eigenvalue weighted by molar-refractivity contribution is 5.81.